The highest BCUT2D eigenvalue weighted by Crippen LogP contribution is 2.31. The van der Waals surface area contributed by atoms with Crippen molar-refractivity contribution in [3.63, 3.8) is 0 Å². The van der Waals surface area contributed by atoms with E-state index in [1.807, 2.05) is 11.0 Å². The molecule has 7 heteroatoms. The van der Waals surface area contributed by atoms with Crippen LogP contribution in [0.3, 0.4) is 0 Å². The maximum absolute atomic E-state index is 12.6. The van der Waals surface area contributed by atoms with Gasteiger partial charge in [-0.1, -0.05) is 36.8 Å². The van der Waals surface area contributed by atoms with E-state index in [1.54, 1.807) is 28.3 Å². The molecular formula is C27H35N3O4. The molecule has 2 aliphatic heterocycles. The zero-order valence-electron chi connectivity index (χ0n) is 20.5. The lowest BCUT2D eigenvalue weighted by atomic mass is 9.91. The van der Waals surface area contributed by atoms with Crippen molar-refractivity contribution in [2.75, 3.05) is 26.3 Å². The molecular weight excluding hydrogens is 430 g/mol. The number of likely N-dealkylation sites (tertiary alicyclic amines) is 1. The first-order valence-corrected chi connectivity index (χ1v) is 12.3. The van der Waals surface area contributed by atoms with Crippen molar-refractivity contribution in [3.8, 4) is 0 Å². The number of ketones is 1. The minimum atomic E-state index is -0.476. The molecule has 34 heavy (non-hydrogen) atoms. The molecule has 2 saturated heterocycles. The molecule has 2 aromatic heterocycles. The van der Waals surface area contributed by atoms with E-state index in [1.165, 1.54) is 19.8 Å². The monoisotopic (exact) mass is 465 g/mol. The Balaban J connectivity index is 0.000000257. The predicted octanol–water partition coefficient (Wildman–Crippen LogP) is 4.36. The van der Waals surface area contributed by atoms with Crippen molar-refractivity contribution in [1.29, 1.82) is 0 Å². The van der Waals surface area contributed by atoms with Gasteiger partial charge in [-0.2, -0.15) is 0 Å². The number of rotatable bonds is 4. The number of Topliss-reactive ketones (excluding diaryl/α,β-unsaturated/α-hetero) is 1. The number of nitrogens with zero attached hydrogens (tertiary/aromatic N) is 3. The van der Waals surface area contributed by atoms with Crippen LogP contribution in [0.15, 0.2) is 48.2 Å². The van der Waals surface area contributed by atoms with Crippen LogP contribution in [0, 0.1) is 5.92 Å². The molecule has 1 atom stereocenters. The normalized spacial score (nSPS) is 21.3. The van der Waals surface area contributed by atoms with Crippen molar-refractivity contribution < 1.29 is 19.1 Å². The highest BCUT2D eigenvalue weighted by molar-refractivity contribution is 5.93. The predicted molar refractivity (Wildman–Crippen MR) is 131 cm³/mol. The van der Waals surface area contributed by atoms with Gasteiger partial charge in [0.1, 0.15) is 5.65 Å². The third-order valence-electron chi connectivity index (χ3n) is 6.98. The van der Waals surface area contributed by atoms with Crippen LogP contribution in [0.25, 0.3) is 5.65 Å². The van der Waals surface area contributed by atoms with Crippen LogP contribution in [-0.2, 0) is 20.7 Å². The number of carbonyl (C=O) groups is 2. The number of imidazole rings is 1. The maximum Gasteiger partial charge on any atom is 0.228 e. The Hall–Kier alpha value is -2.77. The average Bonchev–Trinajstić information content (AvgIpc) is 3.46. The SMILES string of the molecule is CC(=O)c1cccc2nc(CC(=O)N3CCC4(CC3)OCCO4)cn12.CCC1CC=CC=C1C. The summed E-state index contributed by atoms with van der Waals surface area (Å²) in [4.78, 5) is 30.6. The number of fused-ring (bicyclic) bond motifs is 1. The molecule has 3 aliphatic rings. The van der Waals surface area contributed by atoms with Gasteiger partial charge in [0.05, 0.1) is 31.0 Å². The molecule has 2 fully saturated rings. The standard InChI is InChI=1S/C18H21N3O4.C9H14/c1-13(22)15-3-2-4-16-19-14(12-21(15)16)11-17(23)20-7-5-18(6-8-20)24-9-10-25-18;1-3-9-7-5-4-6-8(9)2/h2-4,12H,5-11H2,1H3;4-6,9H,3,7H2,1-2H3. The molecule has 2 aromatic rings. The summed E-state index contributed by atoms with van der Waals surface area (Å²) in [6, 6.07) is 5.39. The molecule has 5 rings (SSSR count). The molecule has 1 spiro atoms. The average molecular weight is 466 g/mol. The van der Waals surface area contributed by atoms with Crippen LogP contribution in [-0.4, -0.2) is 58.1 Å². The van der Waals surface area contributed by atoms with E-state index in [4.69, 9.17) is 9.47 Å². The zero-order valence-corrected chi connectivity index (χ0v) is 20.5. The lowest BCUT2D eigenvalue weighted by molar-refractivity contribution is -0.187. The summed E-state index contributed by atoms with van der Waals surface area (Å²) in [5, 5.41) is 0. The summed E-state index contributed by atoms with van der Waals surface area (Å²) in [6.07, 6.45) is 12.6. The van der Waals surface area contributed by atoms with Gasteiger partial charge in [0.25, 0.3) is 0 Å². The Bertz CT molecular complexity index is 1080. The Morgan fingerprint density at radius 1 is 1.18 bits per heavy atom. The van der Waals surface area contributed by atoms with Crippen molar-refractivity contribution in [2.24, 2.45) is 5.92 Å². The van der Waals surface area contributed by atoms with Gasteiger partial charge in [-0.15, -0.1) is 0 Å². The van der Waals surface area contributed by atoms with Crippen molar-refractivity contribution in [2.45, 2.75) is 58.7 Å². The number of allylic oxidation sites excluding steroid dienone is 4. The lowest BCUT2D eigenvalue weighted by Gasteiger charge is -2.37. The minimum absolute atomic E-state index is 0.0289. The second-order valence-electron chi connectivity index (χ2n) is 9.27. The molecule has 0 aromatic carbocycles. The first kappa shape index (κ1) is 24.4. The van der Waals surface area contributed by atoms with Gasteiger partial charge in [0.15, 0.2) is 11.6 Å². The fourth-order valence-electron chi connectivity index (χ4n) is 4.86. The fourth-order valence-corrected chi connectivity index (χ4v) is 4.86. The first-order chi connectivity index (χ1) is 16.4. The van der Waals surface area contributed by atoms with Crippen LogP contribution in [0.4, 0.5) is 0 Å². The number of pyridine rings is 1. The van der Waals surface area contributed by atoms with E-state index in [-0.39, 0.29) is 18.1 Å². The van der Waals surface area contributed by atoms with Crippen molar-refractivity contribution >= 4 is 17.3 Å². The Labute approximate surface area is 201 Å². The van der Waals surface area contributed by atoms with Crippen LogP contribution in [0.2, 0.25) is 0 Å². The number of carbonyl (C=O) groups excluding carboxylic acids is 2. The summed E-state index contributed by atoms with van der Waals surface area (Å²) < 4.78 is 13.1. The van der Waals surface area contributed by atoms with Gasteiger partial charge in [-0.05, 0) is 37.8 Å². The van der Waals surface area contributed by atoms with E-state index in [2.05, 4.69) is 37.1 Å². The Kier molecular flexibility index (Phi) is 7.63. The molecule has 7 nitrogen and oxygen atoms in total. The lowest BCUT2D eigenvalue weighted by Crippen LogP contribution is -2.47. The summed E-state index contributed by atoms with van der Waals surface area (Å²) >= 11 is 0. The molecule has 1 aliphatic carbocycles. The number of hydrogen-bond donors (Lipinski definition) is 0. The van der Waals surface area contributed by atoms with Crippen LogP contribution in [0.1, 0.15) is 62.6 Å². The van der Waals surface area contributed by atoms with E-state index in [9.17, 15) is 9.59 Å². The molecule has 1 unspecified atom stereocenters. The van der Waals surface area contributed by atoms with Crippen molar-refractivity contribution in [1.82, 2.24) is 14.3 Å². The number of aromatic nitrogens is 2. The highest BCUT2D eigenvalue weighted by atomic mass is 16.7. The number of amides is 1. The Morgan fingerprint density at radius 3 is 2.53 bits per heavy atom. The highest BCUT2D eigenvalue weighted by Gasteiger charge is 2.40. The second-order valence-corrected chi connectivity index (χ2v) is 9.27. The van der Waals surface area contributed by atoms with Gasteiger partial charge >= 0.3 is 0 Å². The van der Waals surface area contributed by atoms with Gasteiger partial charge in [0.2, 0.25) is 5.91 Å². The third-order valence-corrected chi connectivity index (χ3v) is 6.98. The largest absolute Gasteiger partial charge is 0.347 e. The summed E-state index contributed by atoms with van der Waals surface area (Å²) in [6.45, 7) is 8.52. The number of hydrogen-bond acceptors (Lipinski definition) is 5. The zero-order chi connectivity index (χ0) is 24.1. The van der Waals surface area contributed by atoms with Crippen LogP contribution in [0.5, 0.6) is 0 Å². The third kappa shape index (κ3) is 5.47. The van der Waals surface area contributed by atoms with E-state index in [0.717, 1.165) is 5.92 Å². The van der Waals surface area contributed by atoms with Crippen LogP contribution >= 0.6 is 0 Å². The fraction of sp³-hybridized carbons (Fsp3) is 0.519. The first-order valence-electron chi connectivity index (χ1n) is 12.3. The molecule has 0 saturated carbocycles. The summed E-state index contributed by atoms with van der Waals surface area (Å²) in [5.74, 6) is 0.366. The van der Waals surface area contributed by atoms with Crippen molar-refractivity contribution in [3.05, 3.63) is 59.6 Å². The second kappa shape index (κ2) is 10.7. The number of piperidine rings is 1. The van der Waals surface area contributed by atoms with E-state index < -0.39 is 5.79 Å². The topological polar surface area (TPSA) is 73.1 Å². The smallest absolute Gasteiger partial charge is 0.228 e. The molecule has 0 bridgehead atoms. The molecule has 0 N–H and O–H groups in total. The Morgan fingerprint density at radius 2 is 1.91 bits per heavy atom. The summed E-state index contributed by atoms with van der Waals surface area (Å²) in [5.41, 5.74) is 3.47. The van der Waals surface area contributed by atoms with Gasteiger partial charge in [-0.3, -0.25) is 14.0 Å². The van der Waals surface area contributed by atoms with Crippen LogP contribution < -0.4 is 0 Å². The van der Waals surface area contributed by atoms with E-state index >= 15 is 0 Å². The van der Waals surface area contributed by atoms with Gasteiger partial charge < -0.3 is 14.4 Å². The minimum Gasteiger partial charge on any atom is -0.347 e. The molecule has 0 radical (unpaired) electrons. The molecule has 182 valence electrons. The maximum atomic E-state index is 12.6. The summed E-state index contributed by atoms with van der Waals surface area (Å²) in [7, 11) is 0. The van der Waals surface area contributed by atoms with Gasteiger partial charge in [-0.25, -0.2) is 4.98 Å². The number of ether oxygens (including phenoxy) is 2. The van der Waals surface area contributed by atoms with Gasteiger partial charge in [0, 0.05) is 39.1 Å². The molecule has 4 heterocycles. The quantitative estimate of drug-likeness (QED) is 0.627. The van der Waals surface area contributed by atoms with E-state index in [0.29, 0.717) is 56.2 Å². The molecule has 1 amide bonds.